The van der Waals surface area contributed by atoms with Gasteiger partial charge in [0.2, 0.25) is 0 Å². The number of benzene rings is 2. The van der Waals surface area contributed by atoms with Gasteiger partial charge in [0, 0.05) is 22.7 Å². The Balaban J connectivity index is 2.00. The van der Waals surface area contributed by atoms with Crippen LogP contribution in [0.4, 0.5) is 0 Å². The van der Waals surface area contributed by atoms with Crippen LogP contribution in [0.5, 0.6) is 11.5 Å². The van der Waals surface area contributed by atoms with Gasteiger partial charge < -0.3 is 10.5 Å². The molecule has 2 aromatic carbocycles. The number of nitrogens with two attached hydrogens (primary N) is 1. The van der Waals surface area contributed by atoms with Crippen LogP contribution in [0.2, 0.25) is 5.02 Å². The normalized spacial score (nSPS) is 10.5. The Morgan fingerprint density at radius 1 is 1.14 bits per heavy atom. The Bertz CT molecular complexity index is 833. The molecule has 0 radical (unpaired) electrons. The first kappa shape index (κ1) is 13.4. The van der Waals surface area contributed by atoms with Crippen molar-refractivity contribution in [3.63, 3.8) is 0 Å². The number of aromatic nitrogens is 1. The first-order chi connectivity index (χ1) is 10.1. The molecular formula is C16H12ClN3O. The Hall–Kier alpha value is -2.59. The zero-order valence-electron chi connectivity index (χ0n) is 11.0. The lowest BCUT2D eigenvalue weighted by atomic mass is 10.2. The first-order valence-electron chi connectivity index (χ1n) is 6.30. The summed E-state index contributed by atoms with van der Waals surface area (Å²) in [6, 6.07) is 14.5. The number of ether oxygens (including phenoxy) is 1. The molecule has 21 heavy (non-hydrogen) atoms. The van der Waals surface area contributed by atoms with E-state index in [1.165, 1.54) is 0 Å². The smallest absolute Gasteiger partial charge is 0.138 e. The molecule has 0 aliphatic rings. The molecule has 3 rings (SSSR count). The monoisotopic (exact) mass is 297 g/mol. The minimum absolute atomic E-state index is 0.0913. The van der Waals surface area contributed by atoms with Gasteiger partial charge in [-0.05, 0) is 36.4 Å². The number of hydrogen-bond donors (Lipinski definition) is 2. The van der Waals surface area contributed by atoms with Crippen LogP contribution in [0.15, 0.2) is 54.7 Å². The third-order valence-electron chi connectivity index (χ3n) is 3.04. The van der Waals surface area contributed by atoms with Crippen LogP contribution in [0.1, 0.15) is 5.56 Å². The van der Waals surface area contributed by atoms with E-state index in [4.69, 9.17) is 27.5 Å². The van der Waals surface area contributed by atoms with Crippen molar-refractivity contribution in [3.05, 3.63) is 65.3 Å². The van der Waals surface area contributed by atoms with Crippen LogP contribution in [0, 0.1) is 5.41 Å². The summed E-state index contributed by atoms with van der Waals surface area (Å²) in [4.78, 5) is 4.29. The van der Waals surface area contributed by atoms with Gasteiger partial charge in [-0.3, -0.25) is 10.4 Å². The Labute approximate surface area is 126 Å². The van der Waals surface area contributed by atoms with Crippen molar-refractivity contribution in [1.82, 2.24) is 4.98 Å². The topological polar surface area (TPSA) is 72.0 Å². The van der Waals surface area contributed by atoms with E-state index in [2.05, 4.69) is 4.98 Å². The Morgan fingerprint density at radius 3 is 2.81 bits per heavy atom. The highest BCUT2D eigenvalue weighted by molar-refractivity contribution is 6.31. The van der Waals surface area contributed by atoms with Crippen LogP contribution in [0.3, 0.4) is 0 Å². The van der Waals surface area contributed by atoms with E-state index >= 15 is 0 Å². The van der Waals surface area contributed by atoms with Gasteiger partial charge in [0.1, 0.15) is 17.3 Å². The molecule has 3 aromatic rings. The average molecular weight is 298 g/mol. The van der Waals surface area contributed by atoms with Crippen molar-refractivity contribution >= 4 is 28.3 Å². The fourth-order valence-corrected chi connectivity index (χ4v) is 2.21. The van der Waals surface area contributed by atoms with Crippen molar-refractivity contribution in [2.45, 2.75) is 0 Å². The molecule has 0 atom stereocenters. The molecule has 5 heteroatoms. The number of fused-ring (bicyclic) bond motifs is 1. The SMILES string of the molecule is N=C(N)c1cc(Cl)ccc1Oc1ccc2cccnc2c1. The highest BCUT2D eigenvalue weighted by atomic mass is 35.5. The molecule has 4 nitrogen and oxygen atoms in total. The van der Waals surface area contributed by atoms with E-state index in [0.717, 1.165) is 10.9 Å². The molecule has 0 spiro atoms. The fourth-order valence-electron chi connectivity index (χ4n) is 2.04. The van der Waals surface area contributed by atoms with Crippen LogP contribution in [0.25, 0.3) is 10.9 Å². The van der Waals surface area contributed by atoms with Crippen LogP contribution in [-0.4, -0.2) is 10.8 Å². The zero-order valence-corrected chi connectivity index (χ0v) is 11.8. The number of nitrogens with zero attached hydrogens (tertiary/aromatic N) is 1. The number of amidine groups is 1. The lowest BCUT2D eigenvalue weighted by molar-refractivity contribution is 0.482. The molecule has 0 saturated heterocycles. The van der Waals surface area contributed by atoms with E-state index in [0.29, 0.717) is 22.1 Å². The van der Waals surface area contributed by atoms with Gasteiger partial charge in [-0.25, -0.2) is 0 Å². The predicted octanol–water partition coefficient (Wildman–Crippen LogP) is 3.96. The molecule has 0 bridgehead atoms. The minimum atomic E-state index is -0.0913. The average Bonchev–Trinajstić information content (AvgIpc) is 2.49. The lowest BCUT2D eigenvalue weighted by Gasteiger charge is -2.11. The zero-order chi connectivity index (χ0) is 14.8. The van der Waals surface area contributed by atoms with Gasteiger partial charge in [-0.1, -0.05) is 17.7 Å². The van der Waals surface area contributed by atoms with Crippen molar-refractivity contribution in [1.29, 1.82) is 5.41 Å². The summed E-state index contributed by atoms with van der Waals surface area (Å²) in [5.74, 6) is 1.03. The van der Waals surface area contributed by atoms with E-state index < -0.39 is 0 Å². The van der Waals surface area contributed by atoms with E-state index in [9.17, 15) is 0 Å². The number of pyridine rings is 1. The summed E-state index contributed by atoms with van der Waals surface area (Å²) >= 11 is 5.92. The summed E-state index contributed by atoms with van der Waals surface area (Å²) in [7, 11) is 0. The molecule has 0 fully saturated rings. The van der Waals surface area contributed by atoms with Crippen LogP contribution in [-0.2, 0) is 0 Å². The Morgan fingerprint density at radius 2 is 2.00 bits per heavy atom. The number of nitrogens with one attached hydrogen (secondary N) is 1. The van der Waals surface area contributed by atoms with E-state index in [1.54, 1.807) is 24.4 Å². The predicted molar refractivity (Wildman–Crippen MR) is 84.3 cm³/mol. The maximum absolute atomic E-state index is 7.60. The third-order valence-corrected chi connectivity index (χ3v) is 3.27. The molecule has 0 aliphatic heterocycles. The summed E-state index contributed by atoms with van der Waals surface area (Å²) in [5.41, 5.74) is 6.86. The molecule has 0 aliphatic carbocycles. The maximum atomic E-state index is 7.60. The molecule has 1 heterocycles. The number of nitrogen functional groups attached to an aromatic ring is 1. The van der Waals surface area contributed by atoms with Gasteiger partial charge in [0.05, 0.1) is 11.1 Å². The largest absolute Gasteiger partial charge is 0.457 e. The highest BCUT2D eigenvalue weighted by Crippen LogP contribution is 2.29. The molecule has 3 N–H and O–H groups in total. The van der Waals surface area contributed by atoms with Crippen molar-refractivity contribution in [2.24, 2.45) is 5.73 Å². The third kappa shape index (κ3) is 2.80. The van der Waals surface area contributed by atoms with Gasteiger partial charge in [-0.2, -0.15) is 0 Å². The van der Waals surface area contributed by atoms with E-state index in [-0.39, 0.29) is 5.84 Å². The summed E-state index contributed by atoms with van der Waals surface area (Å²) in [6.07, 6.45) is 1.73. The van der Waals surface area contributed by atoms with Gasteiger partial charge in [0.15, 0.2) is 0 Å². The van der Waals surface area contributed by atoms with Crippen molar-refractivity contribution < 1.29 is 4.74 Å². The van der Waals surface area contributed by atoms with Gasteiger partial charge in [-0.15, -0.1) is 0 Å². The molecule has 0 amide bonds. The summed E-state index contributed by atoms with van der Waals surface area (Å²) < 4.78 is 5.81. The second kappa shape index (κ2) is 5.42. The maximum Gasteiger partial charge on any atom is 0.138 e. The number of rotatable bonds is 3. The number of halogens is 1. The summed E-state index contributed by atoms with van der Waals surface area (Å²) in [6.45, 7) is 0. The second-order valence-corrected chi connectivity index (χ2v) is 4.95. The summed E-state index contributed by atoms with van der Waals surface area (Å²) in [5, 5.41) is 9.14. The Kier molecular flexibility index (Phi) is 3.46. The van der Waals surface area contributed by atoms with Gasteiger partial charge >= 0.3 is 0 Å². The quantitative estimate of drug-likeness (QED) is 0.567. The fraction of sp³-hybridized carbons (Fsp3) is 0. The van der Waals surface area contributed by atoms with E-state index in [1.807, 2.05) is 30.3 Å². The number of hydrogen-bond acceptors (Lipinski definition) is 3. The molecule has 104 valence electrons. The van der Waals surface area contributed by atoms with Crippen LogP contribution < -0.4 is 10.5 Å². The van der Waals surface area contributed by atoms with Crippen molar-refractivity contribution in [3.8, 4) is 11.5 Å². The minimum Gasteiger partial charge on any atom is -0.457 e. The van der Waals surface area contributed by atoms with Gasteiger partial charge in [0.25, 0.3) is 0 Å². The standard InChI is InChI=1S/C16H12ClN3O/c17-11-4-6-15(13(8-11)16(18)19)21-12-5-3-10-2-1-7-20-14(10)9-12/h1-9H,(H3,18,19). The second-order valence-electron chi connectivity index (χ2n) is 4.51. The molecule has 0 saturated carbocycles. The molecule has 0 unspecified atom stereocenters. The molecule has 1 aromatic heterocycles. The first-order valence-corrected chi connectivity index (χ1v) is 6.68. The lowest BCUT2D eigenvalue weighted by Crippen LogP contribution is -2.12. The highest BCUT2D eigenvalue weighted by Gasteiger charge is 2.09. The molecular weight excluding hydrogens is 286 g/mol. The van der Waals surface area contributed by atoms with Crippen LogP contribution >= 0.6 is 11.6 Å². The van der Waals surface area contributed by atoms with Crippen molar-refractivity contribution in [2.75, 3.05) is 0 Å².